The molecule has 0 unspecified atom stereocenters. The van der Waals surface area contributed by atoms with Crippen LogP contribution in [0.25, 0.3) is 11.5 Å². The van der Waals surface area contributed by atoms with Crippen LogP contribution in [0.5, 0.6) is 11.5 Å². The lowest BCUT2D eigenvalue weighted by atomic mass is 10.2. The number of thioether (sulfide) groups is 1. The molecule has 1 aromatic carbocycles. The Kier molecular flexibility index (Phi) is 5.92. The third-order valence-corrected chi connectivity index (χ3v) is 4.51. The van der Waals surface area contributed by atoms with E-state index in [0.717, 1.165) is 5.56 Å². The highest BCUT2D eigenvalue weighted by molar-refractivity contribution is 8.00. The highest BCUT2D eigenvalue weighted by Crippen LogP contribution is 2.28. The van der Waals surface area contributed by atoms with Crippen LogP contribution < -0.4 is 14.8 Å². The van der Waals surface area contributed by atoms with Crippen LogP contribution in [-0.4, -0.2) is 40.6 Å². The van der Waals surface area contributed by atoms with E-state index in [1.54, 1.807) is 57.8 Å². The van der Waals surface area contributed by atoms with Gasteiger partial charge in [-0.25, -0.2) is 0 Å². The van der Waals surface area contributed by atoms with E-state index in [1.807, 2.05) is 6.07 Å². The fraction of sp³-hybridized carbons (Fsp3) is 0.222. The summed E-state index contributed by atoms with van der Waals surface area (Å²) < 4.78 is 16.0. The molecular formula is C18H18N4O4S. The number of hydrogen-bond donors (Lipinski definition) is 1. The number of methoxy groups -OCH3 is 2. The molecule has 140 valence electrons. The number of hydrogen-bond acceptors (Lipinski definition) is 8. The average molecular weight is 386 g/mol. The molecule has 0 bridgehead atoms. The van der Waals surface area contributed by atoms with Gasteiger partial charge in [-0.05, 0) is 19.1 Å². The van der Waals surface area contributed by atoms with Crippen molar-refractivity contribution in [1.29, 1.82) is 0 Å². The van der Waals surface area contributed by atoms with E-state index in [4.69, 9.17) is 13.9 Å². The number of rotatable bonds is 7. The molecule has 1 amide bonds. The minimum atomic E-state index is -0.454. The van der Waals surface area contributed by atoms with E-state index in [1.165, 1.54) is 11.8 Å². The standard InChI is InChI=1S/C18H18N4O4S/c1-11(16(23)20-13-7-14(24-2)9-15(8-13)25-3)27-18-22-21-17(26-18)12-5-4-6-19-10-12/h4-11H,1-3H3,(H,20,23)/t11-/m1/s1. The summed E-state index contributed by atoms with van der Waals surface area (Å²) >= 11 is 1.17. The third-order valence-electron chi connectivity index (χ3n) is 3.58. The lowest BCUT2D eigenvalue weighted by Gasteiger charge is -2.12. The van der Waals surface area contributed by atoms with Gasteiger partial charge in [0.15, 0.2) is 0 Å². The number of carbonyl (C=O) groups excluding carboxylic acids is 1. The Morgan fingerprint density at radius 1 is 1.19 bits per heavy atom. The number of benzene rings is 1. The van der Waals surface area contributed by atoms with Crippen molar-refractivity contribution < 1.29 is 18.7 Å². The first-order chi connectivity index (χ1) is 13.1. The third kappa shape index (κ3) is 4.76. The fourth-order valence-corrected chi connectivity index (χ4v) is 2.87. The van der Waals surface area contributed by atoms with Gasteiger partial charge in [-0.15, -0.1) is 10.2 Å². The van der Waals surface area contributed by atoms with Gasteiger partial charge in [-0.3, -0.25) is 9.78 Å². The maximum Gasteiger partial charge on any atom is 0.277 e. The van der Waals surface area contributed by atoms with Gasteiger partial charge < -0.3 is 19.2 Å². The summed E-state index contributed by atoms with van der Waals surface area (Å²) in [6, 6.07) is 8.76. The summed E-state index contributed by atoms with van der Waals surface area (Å²) in [5.74, 6) is 1.32. The van der Waals surface area contributed by atoms with Crippen molar-refractivity contribution in [1.82, 2.24) is 15.2 Å². The minimum Gasteiger partial charge on any atom is -0.497 e. The fourth-order valence-electron chi connectivity index (χ4n) is 2.19. The maximum atomic E-state index is 12.5. The first kappa shape index (κ1) is 18.7. The summed E-state index contributed by atoms with van der Waals surface area (Å²) in [5.41, 5.74) is 1.29. The van der Waals surface area contributed by atoms with Crippen molar-refractivity contribution in [2.24, 2.45) is 0 Å². The summed E-state index contributed by atoms with van der Waals surface area (Å²) in [5, 5.41) is 10.6. The number of aromatic nitrogens is 3. The molecule has 2 heterocycles. The Labute approximate surface area is 160 Å². The zero-order valence-electron chi connectivity index (χ0n) is 15.0. The SMILES string of the molecule is COc1cc(NC(=O)[C@@H](C)Sc2nnc(-c3cccnc3)o2)cc(OC)c1. The first-order valence-electron chi connectivity index (χ1n) is 8.03. The van der Waals surface area contributed by atoms with Crippen molar-refractivity contribution >= 4 is 23.4 Å². The highest BCUT2D eigenvalue weighted by atomic mass is 32.2. The molecular weight excluding hydrogens is 368 g/mol. The van der Waals surface area contributed by atoms with E-state index in [-0.39, 0.29) is 5.91 Å². The Bertz CT molecular complexity index is 894. The highest BCUT2D eigenvalue weighted by Gasteiger charge is 2.19. The zero-order valence-corrected chi connectivity index (χ0v) is 15.8. The number of nitrogens with zero attached hydrogens (tertiary/aromatic N) is 3. The molecule has 8 nitrogen and oxygen atoms in total. The van der Waals surface area contributed by atoms with E-state index in [0.29, 0.717) is 28.3 Å². The molecule has 1 atom stereocenters. The summed E-state index contributed by atoms with van der Waals surface area (Å²) in [4.78, 5) is 16.5. The molecule has 0 saturated heterocycles. The monoisotopic (exact) mass is 386 g/mol. The second-order valence-corrected chi connectivity index (χ2v) is 6.76. The lowest BCUT2D eigenvalue weighted by Crippen LogP contribution is -2.22. The predicted molar refractivity (Wildman–Crippen MR) is 101 cm³/mol. The predicted octanol–water partition coefficient (Wildman–Crippen LogP) is 3.27. The first-order valence-corrected chi connectivity index (χ1v) is 8.91. The summed E-state index contributed by atoms with van der Waals surface area (Å²) in [6.45, 7) is 1.76. The molecule has 0 aliphatic rings. The van der Waals surface area contributed by atoms with Gasteiger partial charge in [0.2, 0.25) is 11.8 Å². The van der Waals surface area contributed by atoms with Crippen LogP contribution in [0.2, 0.25) is 0 Å². The largest absolute Gasteiger partial charge is 0.497 e. The van der Waals surface area contributed by atoms with Crippen LogP contribution in [0.4, 0.5) is 5.69 Å². The van der Waals surface area contributed by atoms with Gasteiger partial charge in [0.05, 0.1) is 25.0 Å². The smallest absolute Gasteiger partial charge is 0.277 e. The molecule has 1 N–H and O–H groups in total. The molecule has 0 fully saturated rings. The molecule has 2 aromatic heterocycles. The Hall–Kier alpha value is -3.07. The summed E-state index contributed by atoms with van der Waals surface area (Å²) in [6.07, 6.45) is 3.30. The van der Waals surface area contributed by atoms with Gasteiger partial charge in [0.1, 0.15) is 11.5 Å². The topological polar surface area (TPSA) is 99.4 Å². The normalized spacial score (nSPS) is 11.7. The van der Waals surface area contributed by atoms with Crippen molar-refractivity contribution in [3.05, 3.63) is 42.7 Å². The molecule has 0 spiro atoms. The minimum absolute atomic E-state index is 0.212. The van der Waals surface area contributed by atoms with Crippen molar-refractivity contribution in [2.75, 3.05) is 19.5 Å². The molecule has 0 saturated carbocycles. The van der Waals surface area contributed by atoms with E-state index < -0.39 is 5.25 Å². The van der Waals surface area contributed by atoms with Gasteiger partial charge in [0.25, 0.3) is 5.22 Å². The maximum absolute atomic E-state index is 12.5. The van der Waals surface area contributed by atoms with Crippen molar-refractivity contribution in [2.45, 2.75) is 17.4 Å². The number of nitrogens with one attached hydrogen (secondary N) is 1. The van der Waals surface area contributed by atoms with Crippen molar-refractivity contribution in [3.8, 4) is 23.0 Å². The number of carbonyl (C=O) groups is 1. The van der Waals surface area contributed by atoms with Crippen molar-refractivity contribution in [3.63, 3.8) is 0 Å². The van der Waals surface area contributed by atoms with Crippen LogP contribution in [0.1, 0.15) is 6.92 Å². The molecule has 0 aliphatic heterocycles. The number of pyridine rings is 1. The van der Waals surface area contributed by atoms with E-state index >= 15 is 0 Å². The lowest BCUT2D eigenvalue weighted by molar-refractivity contribution is -0.115. The average Bonchev–Trinajstić information content (AvgIpc) is 3.16. The molecule has 0 radical (unpaired) electrons. The molecule has 0 aliphatic carbocycles. The van der Waals surface area contributed by atoms with Gasteiger partial charge in [-0.1, -0.05) is 11.8 Å². The number of amides is 1. The zero-order chi connectivity index (χ0) is 19.2. The Morgan fingerprint density at radius 2 is 1.93 bits per heavy atom. The van der Waals surface area contributed by atoms with Crippen LogP contribution in [-0.2, 0) is 4.79 Å². The Morgan fingerprint density at radius 3 is 2.56 bits per heavy atom. The van der Waals surface area contributed by atoms with E-state index in [9.17, 15) is 4.79 Å². The van der Waals surface area contributed by atoms with Gasteiger partial charge in [0, 0.05) is 36.3 Å². The van der Waals surface area contributed by atoms with Crippen LogP contribution in [0, 0.1) is 0 Å². The molecule has 3 rings (SSSR count). The Balaban J connectivity index is 1.65. The van der Waals surface area contributed by atoms with Crippen LogP contribution in [0.15, 0.2) is 52.4 Å². The van der Waals surface area contributed by atoms with Crippen LogP contribution in [0.3, 0.4) is 0 Å². The summed E-state index contributed by atoms with van der Waals surface area (Å²) in [7, 11) is 3.10. The van der Waals surface area contributed by atoms with Gasteiger partial charge >= 0.3 is 0 Å². The number of anilines is 1. The second-order valence-electron chi connectivity index (χ2n) is 5.47. The molecule has 3 aromatic rings. The van der Waals surface area contributed by atoms with Crippen LogP contribution >= 0.6 is 11.8 Å². The molecule has 27 heavy (non-hydrogen) atoms. The molecule has 9 heteroatoms. The number of ether oxygens (including phenoxy) is 2. The quantitative estimate of drug-likeness (QED) is 0.618. The van der Waals surface area contributed by atoms with Gasteiger partial charge in [-0.2, -0.15) is 0 Å². The van der Waals surface area contributed by atoms with E-state index in [2.05, 4.69) is 20.5 Å². The second kappa shape index (κ2) is 8.54.